The Bertz CT molecular complexity index is 890. The van der Waals surface area contributed by atoms with Crippen LogP contribution in [0.2, 0.25) is 0 Å². The van der Waals surface area contributed by atoms with E-state index in [1.54, 1.807) is 7.11 Å². The number of carbonyl (C=O) groups is 1. The number of hydrogen-bond donors (Lipinski definition) is 1. The summed E-state index contributed by atoms with van der Waals surface area (Å²) in [5.41, 5.74) is 2.02. The molecule has 6 nitrogen and oxygen atoms in total. The van der Waals surface area contributed by atoms with Gasteiger partial charge >= 0.3 is 0 Å². The van der Waals surface area contributed by atoms with E-state index in [9.17, 15) is 4.79 Å². The molecule has 1 aliphatic carbocycles. The van der Waals surface area contributed by atoms with Gasteiger partial charge in [-0.25, -0.2) is 0 Å². The van der Waals surface area contributed by atoms with Crippen LogP contribution in [0.4, 0.5) is 0 Å². The highest BCUT2D eigenvalue weighted by Gasteiger charge is 2.43. The van der Waals surface area contributed by atoms with Crippen molar-refractivity contribution in [2.24, 2.45) is 5.92 Å². The molecule has 0 bridgehead atoms. The lowest BCUT2D eigenvalue weighted by Crippen LogP contribution is -2.25. The number of hydrogen-bond acceptors (Lipinski definition) is 5. The summed E-state index contributed by atoms with van der Waals surface area (Å²) >= 11 is 0. The summed E-state index contributed by atoms with van der Waals surface area (Å²) in [7, 11) is 1.62. The number of rotatable bonds is 6. The Labute approximate surface area is 151 Å². The van der Waals surface area contributed by atoms with E-state index in [-0.39, 0.29) is 18.4 Å². The summed E-state index contributed by atoms with van der Waals surface area (Å²) < 4.78 is 10.4. The van der Waals surface area contributed by atoms with Gasteiger partial charge in [0, 0.05) is 11.5 Å². The van der Waals surface area contributed by atoms with Gasteiger partial charge in [0.05, 0.1) is 13.7 Å². The standard InChI is InChI=1S/C20H19N3O3/c1-25-15-9-7-14(8-10-15)20-22-18(23-26-20)12-21-19(24)17-11-16(17)13-5-3-2-4-6-13/h2-10,16-17H,11-12H2,1H3,(H,21,24)/t16-,17+/m0/s1. The molecule has 0 radical (unpaired) electrons. The van der Waals surface area contributed by atoms with Crippen molar-refractivity contribution in [3.63, 3.8) is 0 Å². The quantitative estimate of drug-likeness (QED) is 0.740. The minimum Gasteiger partial charge on any atom is -0.497 e. The van der Waals surface area contributed by atoms with Crippen molar-refractivity contribution in [3.05, 3.63) is 66.0 Å². The second-order valence-electron chi connectivity index (χ2n) is 6.32. The fourth-order valence-corrected chi connectivity index (χ4v) is 3.03. The molecule has 132 valence electrons. The average Bonchev–Trinajstić information content (AvgIpc) is 3.37. The van der Waals surface area contributed by atoms with Crippen molar-refractivity contribution in [1.29, 1.82) is 0 Å². The maximum absolute atomic E-state index is 12.3. The van der Waals surface area contributed by atoms with Gasteiger partial charge in [-0.3, -0.25) is 4.79 Å². The Morgan fingerprint density at radius 3 is 2.69 bits per heavy atom. The maximum Gasteiger partial charge on any atom is 0.257 e. The van der Waals surface area contributed by atoms with E-state index in [1.807, 2.05) is 42.5 Å². The van der Waals surface area contributed by atoms with Crippen molar-refractivity contribution < 1.29 is 14.1 Å². The van der Waals surface area contributed by atoms with Crippen LogP contribution in [0.25, 0.3) is 11.5 Å². The molecule has 6 heteroatoms. The number of benzene rings is 2. The van der Waals surface area contributed by atoms with Gasteiger partial charge in [-0.1, -0.05) is 35.5 Å². The normalized spacial score (nSPS) is 18.3. The summed E-state index contributed by atoms with van der Waals surface area (Å²) in [5.74, 6) is 2.03. The second-order valence-corrected chi connectivity index (χ2v) is 6.32. The second kappa shape index (κ2) is 7.00. The van der Waals surface area contributed by atoms with E-state index in [2.05, 4.69) is 27.6 Å². The van der Waals surface area contributed by atoms with Gasteiger partial charge < -0.3 is 14.6 Å². The number of aromatic nitrogens is 2. The summed E-state index contributed by atoms with van der Waals surface area (Å²) in [6.07, 6.45) is 0.888. The predicted octanol–water partition coefficient (Wildman–Crippen LogP) is 3.17. The summed E-state index contributed by atoms with van der Waals surface area (Å²) in [6, 6.07) is 17.5. The van der Waals surface area contributed by atoms with Crippen LogP contribution >= 0.6 is 0 Å². The molecule has 0 saturated heterocycles. The van der Waals surface area contributed by atoms with Crippen molar-refractivity contribution >= 4 is 5.91 Å². The number of ether oxygens (including phenoxy) is 1. The van der Waals surface area contributed by atoms with E-state index >= 15 is 0 Å². The Morgan fingerprint density at radius 1 is 1.19 bits per heavy atom. The highest BCUT2D eigenvalue weighted by atomic mass is 16.5. The SMILES string of the molecule is COc1ccc(-c2nc(CNC(=O)[C@@H]3C[C@H]3c3ccccc3)no2)cc1. The highest BCUT2D eigenvalue weighted by Crippen LogP contribution is 2.47. The third kappa shape index (κ3) is 3.44. The van der Waals surface area contributed by atoms with Gasteiger partial charge in [-0.05, 0) is 42.2 Å². The molecular formula is C20H19N3O3. The van der Waals surface area contributed by atoms with E-state index < -0.39 is 0 Å². The monoisotopic (exact) mass is 349 g/mol. The number of carbonyl (C=O) groups excluding carboxylic acids is 1. The average molecular weight is 349 g/mol. The molecule has 1 fully saturated rings. The predicted molar refractivity (Wildman–Crippen MR) is 95.4 cm³/mol. The first kappa shape index (κ1) is 16.3. The Hall–Kier alpha value is -3.15. The lowest BCUT2D eigenvalue weighted by Gasteiger charge is -2.02. The van der Waals surface area contributed by atoms with Crippen molar-refractivity contribution in [3.8, 4) is 17.2 Å². The molecule has 26 heavy (non-hydrogen) atoms. The third-order valence-corrected chi connectivity index (χ3v) is 4.58. The van der Waals surface area contributed by atoms with Crippen molar-refractivity contribution in [2.75, 3.05) is 7.11 Å². The molecule has 1 amide bonds. The van der Waals surface area contributed by atoms with Crippen molar-refractivity contribution in [2.45, 2.75) is 18.9 Å². The molecule has 1 aromatic heterocycles. The minimum atomic E-state index is 0.0327. The van der Waals surface area contributed by atoms with Crippen LogP contribution < -0.4 is 10.1 Å². The van der Waals surface area contributed by atoms with Crippen LogP contribution in [0.15, 0.2) is 59.1 Å². The molecular weight excluding hydrogens is 330 g/mol. The largest absolute Gasteiger partial charge is 0.497 e. The lowest BCUT2D eigenvalue weighted by molar-refractivity contribution is -0.122. The zero-order valence-electron chi connectivity index (χ0n) is 14.4. The Balaban J connectivity index is 1.33. The molecule has 1 heterocycles. The van der Waals surface area contributed by atoms with Gasteiger partial charge in [0.25, 0.3) is 5.89 Å². The van der Waals surface area contributed by atoms with Crippen LogP contribution in [0, 0.1) is 5.92 Å². The van der Waals surface area contributed by atoms with Crippen LogP contribution in [0.5, 0.6) is 5.75 Å². The maximum atomic E-state index is 12.3. The van der Waals surface area contributed by atoms with Crippen LogP contribution in [0.3, 0.4) is 0 Å². The van der Waals surface area contributed by atoms with E-state index in [4.69, 9.17) is 9.26 Å². The molecule has 0 spiro atoms. The number of amides is 1. The fraction of sp³-hybridized carbons (Fsp3) is 0.250. The highest BCUT2D eigenvalue weighted by molar-refractivity contribution is 5.82. The van der Waals surface area contributed by atoms with Crippen LogP contribution in [0.1, 0.15) is 23.7 Å². The molecule has 4 rings (SSSR count). The summed E-state index contributed by atoms with van der Waals surface area (Å²) in [4.78, 5) is 16.6. The minimum absolute atomic E-state index is 0.0327. The third-order valence-electron chi connectivity index (χ3n) is 4.58. The topological polar surface area (TPSA) is 77.2 Å². The number of nitrogens with zero attached hydrogens (tertiary/aromatic N) is 2. The summed E-state index contributed by atoms with van der Waals surface area (Å²) in [6.45, 7) is 0.260. The molecule has 2 atom stereocenters. The molecule has 2 aromatic carbocycles. The molecule has 0 aliphatic heterocycles. The van der Waals surface area contributed by atoms with Gasteiger partial charge in [0.15, 0.2) is 5.82 Å². The van der Waals surface area contributed by atoms with Gasteiger partial charge in [0.2, 0.25) is 5.91 Å². The van der Waals surface area contributed by atoms with E-state index in [0.717, 1.165) is 17.7 Å². The number of nitrogens with one attached hydrogen (secondary N) is 1. The van der Waals surface area contributed by atoms with E-state index in [0.29, 0.717) is 17.6 Å². The zero-order chi connectivity index (χ0) is 17.9. The first-order chi connectivity index (χ1) is 12.7. The molecule has 1 saturated carbocycles. The van der Waals surface area contributed by atoms with Crippen LogP contribution in [-0.2, 0) is 11.3 Å². The summed E-state index contributed by atoms with van der Waals surface area (Å²) in [5, 5.41) is 6.83. The first-order valence-corrected chi connectivity index (χ1v) is 8.54. The Morgan fingerprint density at radius 2 is 1.96 bits per heavy atom. The zero-order valence-corrected chi connectivity index (χ0v) is 14.4. The van der Waals surface area contributed by atoms with Crippen LogP contribution in [-0.4, -0.2) is 23.2 Å². The fourth-order valence-electron chi connectivity index (χ4n) is 3.03. The molecule has 1 N–H and O–H groups in total. The molecule has 0 unspecified atom stereocenters. The molecule has 1 aliphatic rings. The Kier molecular flexibility index (Phi) is 4.39. The lowest BCUT2D eigenvalue weighted by atomic mass is 10.1. The van der Waals surface area contributed by atoms with Gasteiger partial charge in [0.1, 0.15) is 5.75 Å². The van der Waals surface area contributed by atoms with Crippen molar-refractivity contribution in [1.82, 2.24) is 15.5 Å². The smallest absolute Gasteiger partial charge is 0.257 e. The number of methoxy groups -OCH3 is 1. The molecule has 3 aromatic rings. The van der Waals surface area contributed by atoms with Gasteiger partial charge in [-0.2, -0.15) is 4.98 Å². The first-order valence-electron chi connectivity index (χ1n) is 8.54. The van der Waals surface area contributed by atoms with Gasteiger partial charge in [-0.15, -0.1) is 0 Å². The van der Waals surface area contributed by atoms with E-state index in [1.165, 1.54) is 5.56 Å².